The van der Waals surface area contributed by atoms with Crippen LogP contribution in [0.4, 0.5) is 0 Å². The van der Waals surface area contributed by atoms with Gasteiger partial charge in [0.25, 0.3) is 5.91 Å². The van der Waals surface area contributed by atoms with Crippen molar-refractivity contribution in [3.63, 3.8) is 0 Å². The van der Waals surface area contributed by atoms with Gasteiger partial charge < -0.3 is 15.0 Å². The molecular formula is C15H20N2O3. The molecule has 1 atom stereocenters. The summed E-state index contributed by atoms with van der Waals surface area (Å²) in [7, 11) is 1.60. The predicted molar refractivity (Wildman–Crippen MR) is 75.3 cm³/mol. The number of benzene rings is 1. The summed E-state index contributed by atoms with van der Waals surface area (Å²) < 4.78 is 5.13. The van der Waals surface area contributed by atoms with E-state index in [9.17, 15) is 9.59 Å². The van der Waals surface area contributed by atoms with Crippen LogP contribution < -0.4 is 5.32 Å². The summed E-state index contributed by atoms with van der Waals surface area (Å²) in [5, 5.41) is 2.80. The Balaban J connectivity index is 2.28. The third-order valence-corrected chi connectivity index (χ3v) is 3.53. The molecule has 5 nitrogen and oxygen atoms in total. The molecule has 5 heteroatoms. The molecule has 1 aromatic rings. The fraction of sp³-hybridized carbons (Fsp3) is 0.467. The van der Waals surface area contributed by atoms with E-state index >= 15 is 0 Å². The molecule has 2 amide bonds. The first kappa shape index (κ1) is 14.5. The molecule has 1 N–H and O–H groups in total. The van der Waals surface area contributed by atoms with Crippen LogP contribution in [0.2, 0.25) is 0 Å². The van der Waals surface area contributed by atoms with Crippen LogP contribution in [0.25, 0.3) is 0 Å². The molecule has 20 heavy (non-hydrogen) atoms. The van der Waals surface area contributed by atoms with E-state index < -0.39 is 0 Å². The second-order valence-corrected chi connectivity index (χ2v) is 4.80. The van der Waals surface area contributed by atoms with Crippen LogP contribution in [0.1, 0.15) is 29.3 Å². The Labute approximate surface area is 118 Å². The number of methoxy groups -OCH3 is 1. The Bertz CT molecular complexity index is 502. The average molecular weight is 276 g/mol. The molecule has 2 rings (SSSR count). The first-order valence-electron chi connectivity index (χ1n) is 6.84. The Kier molecular flexibility index (Phi) is 4.74. The molecule has 1 fully saturated rings. The number of ether oxygens (including phenoxy) is 1. The highest BCUT2D eigenvalue weighted by Gasteiger charge is 2.32. The predicted octanol–water partition coefficient (Wildman–Crippen LogP) is 1.18. The summed E-state index contributed by atoms with van der Waals surface area (Å²) in [4.78, 5) is 26.2. The number of nitrogens with one attached hydrogen (secondary N) is 1. The van der Waals surface area contributed by atoms with Gasteiger partial charge in [-0.3, -0.25) is 9.59 Å². The zero-order chi connectivity index (χ0) is 14.5. The number of carbonyl (C=O) groups excluding carboxylic acids is 2. The van der Waals surface area contributed by atoms with E-state index in [2.05, 4.69) is 5.32 Å². The Hall–Kier alpha value is -1.88. The molecule has 108 valence electrons. The van der Waals surface area contributed by atoms with Crippen LogP contribution in [0.5, 0.6) is 0 Å². The van der Waals surface area contributed by atoms with Crippen molar-refractivity contribution in [2.45, 2.75) is 26.0 Å². The van der Waals surface area contributed by atoms with Gasteiger partial charge in [0, 0.05) is 25.8 Å². The molecule has 0 radical (unpaired) electrons. The van der Waals surface area contributed by atoms with Crippen molar-refractivity contribution in [3.8, 4) is 0 Å². The van der Waals surface area contributed by atoms with Crippen LogP contribution >= 0.6 is 0 Å². The lowest BCUT2D eigenvalue weighted by Gasteiger charge is -2.34. The highest BCUT2D eigenvalue weighted by atomic mass is 16.5. The maximum absolute atomic E-state index is 12.7. The van der Waals surface area contributed by atoms with Crippen LogP contribution in [0.15, 0.2) is 24.3 Å². The van der Waals surface area contributed by atoms with Crippen LogP contribution in [0, 0.1) is 0 Å². The topological polar surface area (TPSA) is 58.6 Å². The van der Waals surface area contributed by atoms with Crippen LogP contribution in [-0.4, -0.2) is 43.0 Å². The molecule has 0 aromatic heterocycles. The van der Waals surface area contributed by atoms with Gasteiger partial charge in [0.1, 0.15) is 6.04 Å². The number of hydrogen-bond donors (Lipinski definition) is 1. The van der Waals surface area contributed by atoms with Gasteiger partial charge in [-0.15, -0.1) is 0 Å². The van der Waals surface area contributed by atoms with E-state index in [4.69, 9.17) is 4.74 Å². The molecule has 1 aliphatic rings. The summed E-state index contributed by atoms with van der Waals surface area (Å²) in [6, 6.07) is 6.99. The number of nitrogens with zero attached hydrogens (tertiary/aromatic N) is 1. The van der Waals surface area contributed by atoms with Gasteiger partial charge >= 0.3 is 0 Å². The zero-order valence-electron chi connectivity index (χ0n) is 11.9. The standard InChI is InChI=1S/C15H20N2O3/c1-3-13-14(18)16-8-9-17(13)15(19)12-7-5-4-6-11(12)10-20-2/h4-7,13H,3,8-10H2,1-2H3,(H,16,18)/t13-/m0/s1. The highest BCUT2D eigenvalue weighted by molar-refractivity contribution is 5.99. The van der Waals surface area contributed by atoms with Gasteiger partial charge in [-0.2, -0.15) is 0 Å². The summed E-state index contributed by atoms with van der Waals surface area (Å²) >= 11 is 0. The van der Waals surface area contributed by atoms with Gasteiger partial charge in [0.15, 0.2) is 0 Å². The lowest BCUT2D eigenvalue weighted by atomic mass is 10.0. The van der Waals surface area contributed by atoms with Crippen LogP contribution in [-0.2, 0) is 16.1 Å². The van der Waals surface area contributed by atoms with E-state index in [-0.39, 0.29) is 17.9 Å². The van der Waals surface area contributed by atoms with E-state index in [1.54, 1.807) is 18.1 Å². The van der Waals surface area contributed by atoms with Gasteiger partial charge in [-0.25, -0.2) is 0 Å². The summed E-state index contributed by atoms with van der Waals surface area (Å²) in [5.74, 6) is -0.171. The third-order valence-electron chi connectivity index (χ3n) is 3.53. The summed E-state index contributed by atoms with van der Waals surface area (Å²) in [6.45, 7) is 3.35. The number of rotatable bonds is 4. The minimum atomic E-state index is -0.383. The van der Waals surface area contributed by atoms with Crippen molar-refractivity contribution in [3.05, 3.63) is 35.4 Å². The lowest BCUT2D eigenvalue weighted by Crippen LogP contribution is -2.57. The fourth-order valence-electron chi connectivity index (χ4n) is 2.53. The monoisotopic (exact) mass is 276 g/mol. The molecule has 1 aliphatic heterocycles. The maximum Gasteiger partial charge on any atom is 0.254 e. The van der Waals surface area contributed by atoms with Crippen molar-refractivity contribution in [2.24, 2.45) is 0 Å². The van der Waals surface area contributed by atoms with E-state index in [1.807, 2.05) is 25.1 Å². The van der Waals surface area contributed by atoms with Crippen molar-refractivity contribution < 1.29 is 14.3 Å². The fourth-order valence-corrected chi connectivity index (χ4v) is 2.53. The molecule has 0 unspecified atom stereocenters. The normalized spacial score (nSPS) is 18.8. The second-order valence-electron chi connectivity index (χ2n) is 4.80. The molecule has 1 heterocycles. The number of carbonyl (C=O) groups is 2. The molecule has 0 spiro atoms. The van der Waals surface area contributed by atoms with E-state index in [0.717, 1.165) is 5.56 Å². The SMILES string of the molecule is CC[C@H]1C(=O)NCCN1C(=O)c1ccccc1COC. The molecule has 0 aliphatic carbocycles. The quantitative estimate of drug-likeness (QED) is 0.898. The smallest absolute Gasteiger partial charge is 0.254 e. The molecule has 1 saturated heterocycles. The molecule has 1 aromatic carbocycles. The third kappa shape index (κ3) is 2.82. The van der Waals surface area contributed by atoms with Crippen molar-refractivity contribution >= 4 is 11.8 Å². The average Bonchev–Trinajstić information content (AvgIpc) is 2.47. The van der Waals surface area contributed by atoms with Crippen molar-refractivity contribution in [2.75, 3.05) is 20.2 Å². The Morgan fingerprint density at radius 3 is 2.90 bits per heavy atom. The number of piperazine rings is 1. The Morgan fingerprint density at radius 1 is 1.45 bits per heavy atom. The van der Waals surface area contributed by atoms with E-state index in [1.165, 1.54) is 0 Å². The minimum Gasteiger partial charge on any atom is -0.380 e. The van der Waals surface area contributed by atoms with Crippen molar-refractivity contribution in [1.82, 2.24) is 10.2 Å². The van der Waals surface area contributed by atoms with Gasteiger partial charge in [-0.1, -0.05) is 25.1 Å². The van der Waals surface area contributed by atoms with Crippen molar-refractivity contribution in [1.29, 1.82) is 0 Å². The van der Waals surface area contributed by atoms with E-state index in [0.29, 0.717) is 31.7 Å². The maximum atomic E-state index is 12.7. The molecule has 0 saturated carbocycles. The van der Waals surface area contributed by atoms with Crippen LogP contribution in [0.3, 0.4) is 0 Å². The molecular weight excluding hydrogens is 256 g/mol. The highest BCUT2D eigenvalue weighted by Crippen LogP contribution is 2.17. The number of amides is 2. The Morgan fingerprint density at radius 2 is 2.20 bits per heavy atom. The lowest BCUT2D eigenvalue weighted by molar-refractivity contribution is -0.127. The minimum absolute atomic E-state index is 0.0728. The second kappa shape index (κ2) is 6.52. The molecule has 0 bridgehead atoms. The first-order chi connectivity index (χ1) is 9.69. The summed E-state index contributed by atoms with van der Waals surface area (Å²) in [6.07, 6.45) is 0.615. The summed E-state index contributed by atoms with van der Waals surface area (Å²) in [5.41, 5.74) is 1.46. The first-order valence-corrected chi connectivity index (χ1v) is 6.84. The van der Waals surface area contributed by atoms with Gasteiger partial charge in [0.2, 0.25) is 5.91 Å². The van der Waals surface area contributed by atoms with Gasteiger partial charge in [-0.05, 0) is 18.1 Å². The van der Waals surface area contributed by atoms with Gasteiger partial charge in [0.05, 0.1) is 6.61 Å². The zero-order valence-corrected chi connectivity index (χ0v) is 11.9. The number of hydrogen-bond acceptors (Lipinski definition) is 3. The largest absolute Gasteiger partial charge is 0.380 e.